The van der Waals surface area contributed by atoms with E-state index in [-0.39, 0.29) is 47.1 Å². The Hall–Kier alpha value is -11.6. The first-order valence-corrected chi connectivity index (χ1v) is 49.3. The highest BCUT2D eigenvalue weighted by Gasteiger charge is 2.33. The average molecular weight is 1910 g/mol. The van der Waals surface area contributed by atoms with Crippen LogP contribution in [0.4, 0.5) is 87.4 Å². The van der Waals surface area contributed by atoms with Crippen molar-refractivity contribution in [3.63, 3.8) is 0 Å². The summed E-state index contributed by atoms with van der Waals surface area (Å²) in [5.41, 5.74) is 18.6. The first-order valence-electron chi connectivity index (χ1n) is 49.3. The van der Waals surface area contributed by atoms with E-state index in [1.54, 1.807) is 31.1 Å². The Morgan fingerprint density at radius 1 is 0.326 bits per heavy atom. The molecule has 0 aliphatic carbocycles. The SMILES string of the molecule is Fc1cnc(N/N=C/c2cc(N3CCC(C4NCCCN4)CC3)ccn2)nc1N1CCOCC1.Fc1cnc(N/N=C/c2ccc(N3CCC(C4NCCCN4)CC3)cn2)nc1N1CCOCC1.Fc1cnc(N/N=C/c2ccc(N3CCCC(CC4CNCCN4)C3)cn2)nc1N1CCOCC1.Fc1cnc(N/N=C/c2ccc(N3CCCC(CC4NCCCN4)C3)cn2)nc1N1CCOCC1. The van der Waals surface area contributed by atoms with E-state index in [4.69, 9.17) is 18.9 Å². The van der Waals surface area contributed by atoms with Crippen LogP contribution >= 0.6 is 0 Å². The number of piperidine rings is 4. The van der Waals surface area contributed by atoms with Crippen molar-refractivity contribution in [2.24, 2.45) is 44.1 Å². The van der Waals surface area contributed by atoms with Gasteiger partial charge in [0.1, 0.15) is 0 Å². The van der Waals surface area contributed by atoms with Crippen molar-refractivity contribution in [1.82, 2.24) is 102 Å². The molecule has 8 aromatic heterocycles. The lowest BCUT2D eigenvalue weighted by Gasteiger charge is -2.39. The van der Waals surface area contributed by atoms with Crippen molar-refractivity contribution in [2.75, 3.05) is 277 Å². The van der Waals surface area contributed by atoms with Gasteiger partial charge in [0.05, 0.1) is 179 Å². The maximum atomic E-state index is 14.2. The van der Waals surface area contributed by atoms with Crippen LogP contribution in [-0.2, 0) is 18.9 Å². The monoisotopic (exact) mass is 1910 g/mol. The number of pyridine rings is 4. The number of piperazine rings is 1. The Labute approximate surface area is 803 Å². The van der Waals surface area contributed by atoms with Gasteiger partial charge in [-0.3, -0.25) is 19.9 Å². The molecule has 12 fully saturated rings. The third kappa shape index (κ3) is 28.8. The first-order chi connectivity index (χ1) is 68.0. The minimum absolute atomic E-state index is 0.237. The van der Waals surface area contributed by atoms with Crippen LogP contribution in [-0.4, -0.2) is 326 Å². The van der Waals surface area contributed by atoms with E-state index < -0.39 is 23.3 Å². The zero-order chi connectivity index (χ0) is 94.1. The van der Waals surface area contributed by atoms with Gasteiger partial charge in [0.25, 0.3) is 0 Å². The van der Waals surface area contributed by atoms with Crippen molar-refractivity contribution < 1.29 is 36.5 Å². The molecule has 0 aromatic carbocycles. The molecule has 0 spiro atoms. The van der Waals surface area contributed by atoms with Crippen LogP contribution in [0, 0.1) is 46.9 Å². The summed E-state index contributed by atoms with van der Waals surface area (Å²) in [5, 5.41) is 45.5. The first kappa shape index (κ1) is 98.1. The summed E-state index contributed by atoms with van der Waals surface area (Å²) < 4.78 is 78.0. The van der Waals surface area contributed by atoms with Gasteiger partial charge in [-0.1, -0.05) is 0 Å². The number of aromatic nitrogens is 12. The Kier molecular flexibility index (Phi) is 36.5. The van der Waals surface area contributed by atoms with Crippen molar-refractivity contribution in [3.05, 3.63) is 144 Å². The zero-order valence-corrected chi connectivity index (χ0v) is 78.6. The fourth-order valence-electron chi connectivity index (χ4n) is 19.4. The highest BCUT2D eigenvalue weighted by atomic mass is 19.1. The lowest BCUT2D eigenvalue weighted by Crippen LogP contribution is -2.54. The van der Waals surface area contributed by atoms with Gasteiger partial charge in [-0.05, 0) is 195 Å². The molecule has 0 bridgehead atoms. The standard InChI is InChI=1S/2C24H34FN9O.2C23H32FN9O/c25-21-16-29-24(31-23(21)33-9-11-35-12-10-33)32-30-14-19-4-5-20(15-28-19)34-8-1-3-18(17-34)13-22-26-6-2-7-27-22;25-22-16-29-24(31-23(22)33-8-10-35-11-9-33)32-30-14-19-3-4-21(15-28-19)34-7-1-2-18(17-34)12-20-13-26-5-6-27-20;24-20-16-28-23(30-22(20)33-10-12-34-13-11-33)31-29-15-18-14-19(2-7-25-18)32-8-3-17(4-9-32)21-26-5-1-6-27-21;24-20-16-28-23(30-22(20)33-10-12-34-13-11-33)31-29-14-18-2-3-19(15-27-18)32-8-4-17(5-9-32)21-25-6-1-7-26-21/h4-5,14-16,18,22,26-27H,1-3,6-13,17H2,(H,29,31,32);3-4,14-16,18,20,26-27H,1-2,5-13,17H2,(H,29,31,32);2,7,14-17,21,26-27H,1,3-6,8-13H2,(H,28,30,31);2-3,14-17,21,25-26H,1,4-13H2,(H,28,30,31)/b2*30-14+;29-15+;29-14+. The molecule has 0 radical (unpaired) electrons. The maximum Gasteiger partial charge on any atom is 0.245 e. The number of rotatable bonds is 26. The van der Waals surface area contributed by atoms with E-state index in [1.165, 1.54) is 70.6 Å². The van der Waals surface area contributed by atoms with Gasteiger partial charge in [-0.2, -0.15) is 40.3 Å². The minimum Gasteiger partial charge on any atom is -0.378 e. The van der Waals surface area contributed by atoms with Crippen molar-refractivity contribution in [2.45, 2.75) is 108 Å². The van der Waals surface area contributed by atoms with E-state index in [0.717, 1.165) is 194 Å². The second-order valence-electron chi connectivity index (χ2n) is 36.3. The molecular weight excluding hydrogens is 1770 g/mol. The van der Waals surface area contributed by atoms with Gasteiger partial charge in [0.15, 0.2) is 46.5 Å². The molecule has 3 atom stereocenters. The zero-order valence-electron chi connectivity index (χ0n) is 78.6. The van der Waals surface area contributed by atoms with Crippen molar-refractivity contribution >= 4 is 94.7 Å². The number of anilines is 12. The summed E-state index contributed by atoms with van der Waals surface area (Å²) >= 11 is 0. The molecule has 40 nitrogen and oxygen atoms in total. The number of nitrogens with one attached hydrogen (secondary N) is 12. The summed E-state index contributed by atoms with van der Waals surface area (Å²) in [6.45, 7) is 27.4. The molecule has 3 unspecified atom stereocenters. The molecule has 12 N–H and O–H groups in total. The van der Waals surface area contributed by atoms with E-state index in [9.17, 15) is 17.6 Å². The predicted octanol–water partition coefficient (Wildman–Crippen LogP) is 6.11. The highest BCUT2D eigenvalue weighted by molar-refractivity contribution is 5.80. The van der Waals surface area contributed by atoms with E-state index in [1.807, 2.05) is 68.5 Å². The number of ether oxygens (including phenoxy) is 4. The molecule has 138 heavy (non-hydrogen) atoms. The second kappa shape index (κ2) is 51.4. The Morgan fingerprint density at radius 3 is 1.04 bits per heavy atom. The molecule has 20 rings (SSSR count). The van der Waals surface area contributed by atoms with Crippen molar-refractivity contribution in [3.8, 4) is 0 Å². The molecule has 12 aliphatic rings. The van der Waals surface area contributed by atoms with Gasteiger partial charge in [0.2, 0.25) is 23.8 Å². The normalized spacial score (nSPS) is 21.8. The molecule has 0 saturated carbocycles. The number of nitrogens with zero attached hydrogens (tertiary/aromatic N) is 24. The molecule has 44 heteroatoms. The van der Waals surface area contributed by atoms with Gasteiger partial charge >= 0.3 is 0 Å². The largest absolute Gasteiger partial charge is 0.378 e. The van der Waals surface area contributed by atoms with Crippen LogP contribution in [0.15, 0.2) is 119 Å². The highest BCUT2D eigenvalue weighted by Crippen LogP contribution is 2.33. The fraction of sp³-hybridized carbons (Fsp3) is 0.574. The van der Waals surface area contributed by atoms with Crippen LogP contribution in [0.3, 0.4) is 0 Å². The van der Waals surface area contributed by atoms with E-state index in [0.29, 0.717) is 153 Å². The van der Waals surface area contributed by atoms with Crippen LogP contribution in [0.5, 0.6) is 0 Å². The maximum absolute atomic E-state index is 14.2. The number of hydrogen-bond acceptors (Lipinski definition) is 40. The smallest absolute Gasteiger partial charge is 0.245 e. The number of morpholine rings is 4. The third-order valence-corrected chi connectivity index (χ3v) is 26.8. The molecule has 8 aromatic rings. The lowest BCUT2D eigenvalue weighted by atomic mass is 9.90. The Balaban J connectivity index is 0.000000127. The predicted molar refractivity (Wildman–Crippen MR) is 529 cm³/mol. The number of hydrazone groups is 4. The summed E-state index contributed by atoms with van der Waals surface area (Å²) in [6, 6.07) is 16.8. The van der Waals surface area contributed by atoms with Gasteiger partial charge < -0.3 is 101 Å². The molecule has 12 saturated heterocycles. The topological polar surface area (TPSA) is 411 Å². The lowest BCUT2D eigenvalue weighted by molar-refractivity contribution is 0.122. The van der Waals surface area contributed by atoms with Crippen LogP contribution in [0.2, 0.25) is 0 Å². The number of halogens is 4. The van der Waals surface area contributed by atoms with Crippen LogP contribution in [0.25, 0.3) is 0 Å². The quantitative estimate of drug-likeness (QED) is 0.0165. The second-order valence-corrected chi connectivity index (χ2v) is 36.3. The van der Waals surface area contributed by atoms with Gasteiger partial charge in [-0.25, -0.2) is 59.2 Å². The fourth-order valence-corrected chi connectivity index (χ4v) is 19.4. The van der Waals surface area contributed by atoms with E-state index in [2.05, 4.69) is 182 Å². The van der Waals surface area contributed by atoms with Gasteiger partial charge in [0, 0.05) is 142 Å². The van der Waals surface area contributed by atoms with Crippen LogP contribution < -0.4 is 103 Å². The molecule has 0 amide bonds. The minimum atomic E-state index is -0.455. The summed E-state index contributed by atoms with van der Waals surface area (Å²) in [5.74, 6) is 2.91. The van der Waals surface area contributed by atoms with Crippen molar-refractivity contribution in [1.29, 1.82) is 0 Å². The molecule has 20 heterocycles. The average Bonchev–Trinajstić information content (AvgIpc) is 0.843. The third-order valence-electron chi connectivity index (χ3n) is 26.8. The van der Waals surface area contributed by atoms with Crippen LogP contribution in [0.1, 0.15) is 106 Å². The summed E-state index contributed by atoms with van der Waals surface area (Å²) in [4.78, 5) is 68.1. The number of hydrogen-bond donors (Lipinski definition) is 12. The Bertz CT molecular complexity index is 4980. The Morgan fingerprint density at radius 2 is 0.681 bits per heavy atom. The van der Waals surface area contributed by atoms with E-state index >= 15 is 0 Å². The molecular formula is C94H132F4N36O4. The summed E-state index contributed by atoms with van der Waals surface area (Å²) in [7, 11) is 0. The van der Waals surface area contributed by atoms with Gasteiger partial charge in [-0.15, -0.1) is 0 Å². The molecule has 12 aliphatic heterocycles. The summed E-state index contributed by atoms with van der Waals surface area (Å²) in [6.07, 6.45) is 35.6. The molecule has 740 valence electrons.